The molecular weight excluding hydrogens is 847 g/mol. The van der Waals surface area contributed by atoms with Crippen LogP contribution in [-0.4, -0.2) is 0 Å². The zero-order chi connectivity index (χ0) is 43.5. The standard InChI is InChI=1S/C56H36O7P2/c57-64(59-53-25-9-21-45-29-37-13-1-5-17-41(37)33-49(45)53,60-54-26-10-22-46-30-38-14-2-6-18-42(38)34-50(46)54)63-65(58,61-55-27-11-23-47-31-39-15-3-7-19-43(39)35-51(47)55)62-56-28-12-24-48-32-40-16-4-8-20-44(40)36-52(48)56/h1-36H. The van der Waals surface area contributed by atoms with Gasteiger partial charge in [-0.1, -0.05) is 146 Å². The van der Waals surface area contributed by atoms with Crippen LogP contribution >= 0.6 is 15.6 Å². The fraction of sp³-hybridized carbons (Fsp3) is 0. The first-order chi connectivity index (χ1) is 31.8. The average Bonchev–Trinajstić information content (AvgIpc) is 3.32. The van der Waals surface area contributed by atoms with Gasteiger partial charge in [0.1, 0.15) is 23.0 Å². The molecule has 7 nitrogen and oxygen atoms in total. The van der Waals surface area contributed by atoms with Gasteiger partial charge < -0.3 is 18.1 Å². The van der Waals surface area contributed by atoms with Gasteiger partial charge in [0.15, 0.2) is 0 Å². The van der Waals surface area contributed by atoms with E-state index in [1.54, 1.807) is 48.5 Å². The summed E-state index contributed by atoms with van der Waals surface area (Å²) in [6.07, 6.45) is 0. The Kier molecular flexibility index (Phi) is 9.32. The van der Waals surface area contributed by atoms with E-state index in [9.17, 15) is 0 Å². The third-order valence-electron chi connectivity index (χ3n) is 11.9. The Balaban J connectivity index is 1.05. The van der Waals surface area contributed by atoms with E-state index in [1.807, 2.05) is 170 Å². The van der Waals surface area contributed by atoms with Gasteiger partial charge in [0.2, 0.25) is 0 Å². The lowest BCUT2D eigenvalue weighted by atomic mass is 10.0. The summed E-state index contributed by atoms with van der Waals surface area (Å²) in [5.41, 5.74) is 0. The largest absolute Gasteiger partial charge is 0.598 e. The molecule has 0 bridgehead atoms. The first-order valence-corrected chi connectivity index (χ1v) is 24.1. The fourth-order valence-corrected chi connectivity index (χ4v) is 12.0. The molecule has 0 heterocycles. The van der Waals surface area contributed by atoms with Gasteiger partial charge in [-0.25, -0.2) is 9.13 Å². The molecule has 312 valence electrons. The molecule has 0 aliphatic rings. The molecule has 0 aliphatic carbocycles. The second-order valence-electron chi connectivity index (χ2n) is 16.0. The Bertz CT molecular complexity index is 3470. The van der Waals surface area contributed by atoms with Gasteiger partial charge in [-0.2, -0.15) is 0 Å². The zero-order valence-corrected chi connectivity index (χ0v) is 36.3. The van der Waals surface area contributed by atoms with Crippen LogP contribution in [0, 0.1) is 0 Å². The van der Waals surface area contributed by atoms with Crippen molar-refractivity contribution in [3.8, 4) is 23.0 Å². The summed E-state index contributed by atoms with van der Waals surface area (Å²) in [4.78, 5) is 0. The number of hydrogen-bond acceptors (Lipinski definition) is 7. The maximum Gasteiger partial charge on any atom is 0.598 e. The highest BCUT2D eigenvalue weighted by atomic mass is 31.3. The third-order valence-corrected chi connectivity index (χ3v) is 15.1. The Hall–Kier alpha value is -7.66. The van der Waals surface area contributed by atoms with Crippen LogP contribution in [0.2, 0.25) is 0 Å². The van der Waals surface area contributed by atoms with Gasteiger partial charge in [-0.15, -0.1) is 4.31 Å². The molecule has 65 heavy (non-hydrogen) atoms. The Morgan fingerprint density at radius 1 is 0.231 bits per heavy atom. The highest BCUT2D eigenvalue weighted by Crippen LogP contribution is 2.66. The molecule has 0 aliphatic heterocycles. The summed E-state index contributed by atoms with van der Waals surface area (Å²) in [6, 6.07) is 69.5. The molecule has 0 saturated carbocycles. The minimum atomic E-state index is -5.10. The van der Waals surface area contributed by atoms with Crippen LogP contribution < -0.4 is 18.1 Å². The van der Waals surface area contributed by atoms with Gasteiger partial charge in [-0.05, 0) is 137 Å². The van der Waals surface area contributed by atoms with E-state index >= 15 is 9.13 Å². The van der Waals surface area contributed by atoms with Crippen molar-refractivity contribution in [2.45, 2.75) is 0 Å². The molecule has 12 aromatic carbocycles. The molecule has 0 aromatic heterocycles. The van der Waals surface area contributed by atoms with E-state index in [2.05, 4.69) is 0 Å². The van der Waals surface area contributed by atoms with Crippen LogP contribution in [0.5, 0.6) is 23.0 Å². The summed E-state index contributed by atoms with van der Waals surface area (Å²) >= 11 is 0. The smallest absolute Gasteiger partial charge is 0.394 e. The van der Waals surface area contributed by atoms with Crippen molar-refractivity contribution in [3.05, 3.63) is 218 Å². The molecule has 12 aromatic rings. The highest BCUT2D eigenvalue weighted by molar-refractivity contribution is 7.63. The van der Waals surface area contributed by atoms with Crippen molar-refractivity contribution in [1.82, 2.24) is 0 Å². The van der Waals surface area contributed by atoms with Crippen LogP contribution in [-0.2, 0) is 13.4 Å². The number of phosphoric ester groups is 2. The number of fused-ring (bicyclic) bond motifs is 8. The lowest BCUT2D eigenvalue weighted by Crippen LogP contribution is -2.11. The monoisotopic (exact) mass is 882 g/mol. The molecule has 0 atom stereocenters. The van der Waals surface area contributed by atoms with Crippen LogP contribution in [0.25, 0.3) is 86.2 Å². The molecule has 0 fully saturated rings. The van der Waals surface area contributed by atoms with Gasteiger partial charge in [0, 0.05) is 21.5 Å². The Morgan fingerprint density at radius 2 is 0.431 bits per heavy atom. The van der Waals surface area contributed by atoms with Crippen LogP contribution in [0.1, 0.15) is 0 Å². The quantitative estimate of drug-likeness (QED) is 0.0999. The molecule has 9 heteroatoms. The van der Waals surface area contributed by atoms with Crippen LogP contribution in [0.15, 0.2) is 218 Å². The van der Waals surface area contributed by atoms with Crippen LogP contribution in [0.4, 0.5) is 0 Å². The average molecular weight is 883 g/mol. The van der Waals surface area contributed by atoms with Gasteiger partial charge in [0.25, 0.3) is 0 Å². The maximum absolute atomic E-state index is 16.0. The van der Waals surface area contributed by atoms with Crippen molar-refractivity contribution in [3.63, 3.8) is 0 Å². The normalized spacial score (nSPS) is 12.2. The molecule has 0 N–H and O–H groups in total. The molecular formula is C56H36O7P2. The van der Waals surface area contributed by atoms with Gasteiger partial charge >= 0.3 is 15.6 Å². The SMILES string of the molecule is O=P(Oc1cccc2cc3ccccc3cc12)(Oc1cccc2cc3ccccc3cc12)OP(=O)(Oc1cccc2cc3ccccc3cc12)Oc1cccc2cc3ccccc3cc12. The maximum atomic E-state index is 16.0. The number of benzene rings is 12. The summed E-state index contributed by atoms with van der Waals surface area (Å²) in [5, 5.41) is 13.7. The molecule has 12 rings (SSSR count). The highest BCUT2D eigenvalue weighted by Gasteiger charge is 2.47. The van der Waals surface area contributed by atoms with Crippen molar-refractivity contribution in [1.29, 1.82) is 0 Å². The molecule has 0 saturated heterocycles. The number of phosphoric acid groups is 2. The van der Waals surface area contributed by atoms with Crippen molar-refractivity contribution in [2.24, 2.45) is 0 Å². The topological polar surface area (TPSA) is 80.3 Å². The predicted molar refractivity (Wildman–Crippen MR) is 265 cm³/mol. The van der Waals surface area contributed by atoms with Gasteiger partial charge in [-0.3, -0.25) is 0 Å². The van der Waals surface area contributed by atoms with Crippen molar-refractivity contribution < 1.29 is 31.5 Å². The van der Waals surface area contributed by atoms with Crippen LogP contribution in [0.3, 0.4) is 0 Å². The Morgan fingerprint density at radius 3 is 0.662 bits per heavy atom. The van der Waals surface area contributed by atoms with E-state index in [-0.39, 0.29) is 23.0 Å². The first-order valence-electron chi connectivity index (χ1n) is 21.2. The summed E-state index contributed by atoms with van der Waals surface area (Å²) < 4.78 is 64.7. The second kappa shape index (κ2) is 15.5. The molecule has 0 amide bonds. The second-order valence-corrected chi connectivity index (χ2v) is 19.2. The van der Waals surface area contributed by atoms with E-state index in [0.717, 1.165) is 64.6 Å². The van der Waals surface area contributed by atoms with Crippen molar-refractivity contribution in [2.75, 3.05) is 0 Å². The molecule has 0 spiro atoms. The zero-order valence-electron chi connectivity index (χ0n) is 34.5. The van der Waals surface area contributed by atoms with E-state index < -0.39 is 15.6 Å². The molecule has 0 radical (unpaired) electrons. The lowest BCUT2D eigenvalue weighted by molar-refractivity contribution is 0.245. The van der Waals surface area contributed by atoms with Gasteiger partial charge in [0.05, 0.1) is 0 Å². The minimum absolute atomic E-state index is 0.182. The van der Waals surface area contributed by atoms with E-state index in [1.165, 1.54) is 0 Å². The van der Waals surface area contributed by atoms with Crippen molar-refractivity contribution >= 4 is 102 Å². The summed E-state index contributed by atoms with van der Waals surface area (Å²) in [5.74, 6) is 0.730. The first kappa shape index (κ1) is 39.0. The van der Waals surface area contributed by atoms with E-state index in [0.29, 0.717) is 21.5 Å². The third kappa shape index (κ3) is 7.36. The number of hydrogen-bond donors (Lipinski definition) is 0. The number of rotatable bonds is 10. The van der Waals surface area contributed by atoms with E-state index in [4.69, 9.17) is 22.4 Å². The Labute approximate surface area is 373 Å². The fourth-order valence-electron chi connectivity index (χ4n) is 8.78. The minimum Gasteiger partial charge on any atom is -0.394 e. The lowest BCUT2D eigenvalue weighted by Gasteiger charge is -2.25. The predicted octanol–water partition coefficient (Wildman–Crippen LogP) is 16.8. The summed E-state index contributed by atoms with van der Waals surface area (Å²) in [7, 11) is -10.2. The molecule has 0 unspecified atom stereocenters. The summed E-state index contributed by atoms with van der Waals surface area (Å²) in [6.45, 7) is 0.